The van der Waals surface area contributed by atoms with Crippen molar-refractivity contribution in [2.45, 2.75) is 32.7 Å². The van der Waals surface area contributed by atoms with Gasteiger partial charge in [-0.15, -0.1) is 0 Å². The number of hydrogen-bond acceptors (Lipinski definition) is 1. The summed E-state index contributed by atoms with van der Waals surface area (Å²) < 4.78 is 0.805. The number of nitrogens with one attached hydrogen (secondary N) is 1. The first-order valence-corrected chi connectivity index (χ1v) is 6.30. The van der Waals surface area contributed by atoms with Gasteiger partial charge < -0.3 is 5.32 Å². The van der Waals surface area contributed by atoms with Crippen LogP contribution in [0.2, 0.25) is 5.02 Å². The molecule has 88 valence electrons. The molecule has 1 N–H and O–H groups in total. The molecule has 0 aliphatic heterocycles. The van der Waals surface area contributed by atoms with Gasteiger partial charge in [-0.1, -0.05) is 34.5 Å². The first-order valence-electron chi connectivity index (χ1n) is 5.12. The van der Waals surface area contributed by atoms with Gasteiger partial charge in [-0.05, 0) is 38.5 Å². The highest BCUT2D eigenvalue weighted by Gasteiger charge is 2.19. The van der Waals surface area contributed by atoms with Crippen molar-refractivity contribution in [2.24, 2.45) is 0 Å². The Hall–Kier alpha value is -0.540. The molecular formula is C12H15BrClNO. The van der Waals surface area contributed by atoms with Crippen LogP contribution in [0.3, 0.4) is 0 Å². The van der Waals surface area contributed by atoms with Crippen LogP contribution in [0.1, 0.15) is 37.6 Å². The fourth-order valence-corrected chi connectivity index (χ4v) is 2.01. The Bertz CT molecular complexity index is 384. The fraction of sp³-hybridized carbons (Fsp3) is 0.417. The van der Waals surface area contributed by atoms with E-state index in [9.17, 15) is 4.79 Å². The molecule has 0 bridgehead atoms. The Balaban J connectivity index is 2.89. The number of benzene rings is 1. The molecule has 0 aliphatic rings. The van der Waals surface area contributed by atoms with Crippen molar-refractivity contribution in [1.29, 1.82) is 0 Å². The zero-order chi connectivity index (χ0) is 12.3. The van der Waals surface area contributed by atoms with Crippen LogP contribution in [0.25, 0.3) is 0 Å². The molecule has 0 atom stereocenters. The van der Waals surface area contributed by atoms with Crippen LogP contribution in [0.15, 0.2) is 22.7 Å². The molecule has 0 unspecified atom stereocenters. The first-order chi connectivity index (χ1) is 7.34. The second-order valence-electron chi connectivity index (χ2n) is 4.35. The Labute approximate surface area is 110 Å². The highest BCUT2D eigenvalue weighted by Crippen LogP contribution is 2.20. The predicted octanol–water partition coefficient (Wildman–Crippen LogP) is 4.02. The van der Waals surface area contributed by atoms with Crippen molar-refractivity contribution in [3.05, 3.63) is 33.3 Å². The normalized spacial score (nSPS) is 11.3. The van der Waals surface area contributed by atoms with Crippen molar-refractivity contribution >= 4 is 33.4 Å². The van der Waals surface area contributed by atoms with Crippen LogP contribution in [-0.2, 0) is 0 Å². The summed E-state index contributed by atoms with van der Waals surface area (Å²) in [7, 11) is 0. The van der Waals surface area contributed by atoms with Gasteiger partial charge in [0, 0.05) is 20.6 Å². The minimum absolute atomic E-state index is 0.102. The van der Waals surface area contributed by atoms with Gasteiger partial charge in [-0.3, -0.25) is 4.79 Å². The van der Waals surface area contributed by atoms with Crippen molar-refractivity contribution in [3.63, 3.8) is 0 Å². The maximum atomic E-state index is 11.9. The molecule has 0 saturated heterocycles. The topological polar surface area (TPSA) is 29.1 Å². The summed E-state index contributed by atoms with van der Waals surface area (Å²) in [6.45, 7) is 6.02. The third-order valence-corrected chi connectivity index (χ3v) is 3.14. The first kappa shape index (κ1) is 13.5. The Morgan fingerprint density at radius 3 is 2.56 bits per heavy atom. The van der Waals surface area contributed by atoms with Gasteiger partial charge in [0.2, 0.25) is 0 Å². The van der Waals surface area contributed by atoms with Crippen molar-refractivity contribution in [1.82, 2.24) is 5.32 Å². The van der Waals surface area contributed by atoms with Crippen LogP contribution < -0.4 is 5.32 Å². The van der Waals surface area contributed by atoms with Gasteiger partial charge >= 0.3 is 0 Å². The van der Waals surface area contributed by atoms with E-state index in [0.717, 1.165) is 10.9 Å². The van der Waals surface area contributed by atoms with E-state index < -0.39 is 0 Å². The van der Waals surface area contributed by atoms with Crippen LogP contribution in [0.5, 0.6) is 0 Å². The lowest BCUT2D eigenvalue weighted by molar-refractivity contribution is 0.0911. The van der Waals surface area contributed by atoms with Gasteiger partial charge in [-0.25, -0.2) is 0 Å². The molecular weight excluding hydrogens is 289 g/mol. The minimum Gasteiger partial charge on any atom is -0.347 e. The van der Waals surface area contributed by atoms with E-state index in [-0.39, 0.29) is 11.4 Å². The Morgan fingerprint density at radius 2 is 2.06 bits per heavy atom. The van der Waals surface area contributed by atoms with Gasteiger partial charge in [0.15, 0.2) is 0 Å². The van der Waals surface area contributed by atoms with Crippen molar-refractivity contribution in [2.75, 3.05) is 0 Å². The molecule has 4 heteroatoms. The van der Waals surface area contributed by atoms with Crippen LogP contribution in [0, 0.1) is 0 Å². The molecule has 16 heavy (non-hydrogen) atoms. The van der Waals surface area contributed by atoms with E-state index in [1.165, 1.54) is 0 Å². The summed E-state index contributed by atoms with van der Waals surface area (Å²) in [5.74, 6) is -0.102. The van der Waals surface area contributed by atoms with E-state index in [2.05, 4.69) is 21.2 Å². The molecule has 0 aromatic heterocycles. The molecule has 0 saturated carbocycles. The lowest BCUT2D eigenvalue weighted by atomic mass is 10.0. The van der Waals surface area contributed by atoms with Crippen molar-refractivity contribution < 1.29 is 4.79 Å². The van der Waals surface area contributed by atoms with Crippen molar-refractivity contribution in [3.8, 4) is 0 Å². The van der Waals surface area contributed by atoms with E-state index in [1.807, 2.05) is 20.8 Å². The van der Waals surface area contributed by atoms with E-state index in [0.29, 0.717) is 10.6 Å². The lowest BCUT2D eigenvalue weighted by Crippen LogP contribution is -2.42. The quantitative estimate of drug-likeness (QED) is 0.898. The number of carbonyl (C=O) groups is 1. The molecule has 2 nitrogen and oxygen atoms in total. The van der Waals surface area contributed by atoms with Crippen LogP contribution in [-0.4, -0.2) is 11.4 Å². The second-order valence-corrected chi connectivity index (χ2v) is 5.70. The Kier molecular flexibility index (Phi) is 4.39. The largest absolute Gasteiger partial charge is 0.347 e. The molecule has 0 aliphatic carbocycles. The van der Waals surface area contributed by atoms with Gasteiger partial charge in [0.05, 0.1) is 0 Å². The maximum Gasteiger partial charge on any atom is 0.251 e. The molecule has 1 amide bonds. The predicted molar refractivity (Wildman–Crippen MR) is 71.0 cm³/mol. The third kappa shape index (κ3) is 3.80. The molecule has 1 aromatic carbocycles. The summed E-state index contributed by atoms with van der Waals surface area (Å²) in [5.41, 5.74) is 0.368. The number of hydrogen-bond donors (Lipinski definition) is 1. The fourth-order valence-electron chi connectivity index (χ4n) is 1.15. The van der Waals surface area contributed by atoms with Gasteiger partial charge in [-0.2, -0.15) is 0 Å². The summed E-state index contributed by atoms with van der Waals surface area (Å²) in [4.78, 5) is 11.9. The summed E-state index contributed by atoms with van der Waals surface area (Å²) in [6, 6.07) is 5.17. The molecule has 1 rings (SSSR count). The van der Waals surface area contributed by atoms with E-state index >= 15 is 0 Å². The average molecular weight is 305 g/mol. The summed E-state index contributed by atoms with van der Waals surface area (Å²) in [5, 5.41) is 3.51. The maximum absolute atomic E-state index is 11.9. The van der Waals surface area contributed by atoms with Crippen LogP contribution >= 0.6 is 27.5 Å². The summed E-state index contributed by atoms with van der Waals surface area (Å²) >= 11 is 9.20. The number of carbonyl (C=O) groups excluding carboxylic acids is 1. The number of halogens is 2. The minimum atomic E-state index is -0.203. The molecule has 0 heterocycles. The highest BCUT2D eigenvalue weighted by molar-refractivity contribution is 9.10. The zero-order valence-electron chi connectivity index (χ0n) is 9.60. The zero-order valence-corrected chi connectivity index (χ0v) is 11.9. The average Bonchev–Trinajstić information content (AvgIpc) is 2.15. The monoisotopic (exact) mass is 303 g/mol. The number of amides is 1. The second kappa shape index (κ2) is 5.19. The van der Waals surface area contributed by atoms with Crippen LogP contribution in [0.4, 0.5) is 0 Å². The molecule has 0 fully saturated rings. The standard InChI is InChI=1S/C12H15BrClNO/c1-4-12(2,3)15-11(16)8-5-9(13)7-10(14)6-8/h5-7H,4H2,1-3H3,(H,15,16). The summed E-state index contributed by atoms with van der Waals surface area (Å²) in [6.07, 6.45) is 0.875. The molecule has 0 radical (unpaired) electrons. The molecule has 1 aromatic rings. The van der Waals surface area contributed by atoms with Gasteiger partial charge in [0.25, 0.3) is 5.91 Å². The highest BCUT2D eigenvalue weighted by atomic mass is 79.9. The third-order valence-electron chi connectivity index (χ3n) is 2.46. The Morgan fingerprint density at radius 1 is 1.44 bits per heavy atom. The van der Waals surface area contributed by atoms with E-state index in [4.69, 9.17) is 11.6 Å². The lowest BCUT2D eigenvalue weighted by Gasteiger charge is -2.24. The van der Waals surface area contributed by atoms with Gasteiger partial charge in [0.1, 0.15) is 0 Å². The SMILES string of the molecule is CCC(C)(C)NC(=O)c1cc(Cl)cc(Br)c1. The van der Waals surface area contributed by atoms with E-state index in [1.54, 1.807) is 18.2 Å². The number of rotatable bonds is 3. The smallest absolute Gasteiger partial charge is 0.251 e. The molecule has 0 spiro atoms.